The van der Waals surface area contributed by atoms with Gasteiger partial charge in [0.1, 0.15) is 0 Å². The van der Waals surface area contributed by atoms with Crippen LogP contribution in [0.25, 0.3) is 0 Å². The molecule has 0 radical (unpaired) electrons. The first-order valence-electron chi connectivity index (χ1n) is 3.93. The molecule has 0 aromatic rings. The molecule has 1 aliphatic heterocycles. The zero-order valence-corrected chi connectivity index (χ0v) is 8.72. The van der Waals surface area contributed by atoms with Gasteiger partial charge in [-0.1, -0.05) is 0 Å². The molecular formula is C7H9BO3PS+. The molecule has 6 heteroatoms. The molecule has 1 heterocycles. The molecule has 0 aromatic carbocycles. The standard InChI is InChI=1S/C7H9BO3PS/c9-6-1-3-10-7(5-6)2-4-11-8-12-13/h1,3,7H,2,4-5H2/q+1/t7-/m0/s1. The first-order chi connectivity index (χ1) is 6.33. The molecule has 0 saturated heterocycles. The van der Waals surface area contributed by atoms with Crippen LogP contribution in [0.2, 0.25) is 0 Å². The van der Waals surface area contributed by atoms with Gasteiger partial charge in [-0.05, 0) is 0 Å². The van der Waals surface area contributed by atoms with Gasteiger partial charge in [-0.3, -0.25) is 0 Å². The molecule has 0 N–H and O–H groups in total. The minimum atomic E-state index is -0.0345. The van der Waals surface area contributed by atoms with Crippen LogP contribution in [0.4, 0.5) is 0 Å². The van der Waals surface area contributed by atoms with Gasteiger partial charge in [0.2, 0.25) is 0 Å². The van der Waals surface area contributed by atoms with Crippen molar-refractivity contribution < 1.29 is 14.2 Å². The fourth-order valence-electron chi connectivity index (χ4n) is 1.02. The Morgan fingerprint density at radius 1 is 1.85 bits per heavy atom. The second-order valence-electron chi connectivity index (χ2n) is 2.60. The van der Waals surface area contributed by atoms with Gasteiger partial charge >= 0.3 is 83.3 Å². The Kier molecular flexibility index (Phi) is 5.36. The molecule has 0 saturated carbocycles. The van der Waals surface area contributed by atoms with Crippen molar-refractivity contribution in [2.24, 2.45) is 0 Å². The van der Waals surface area contributed by atoms with E-state index >= 15 is 0 Å². The van der Waals surface area contributed by atoms with E-state index in [0.717, 1.165) is 6.42 Å². The van der Waals surface area contributed by atoms with Gasteiger partial charge in [-0.25, -0.2) is 0 Å². The monoisotopic (exact) mass is 215 g/mol. The van der Waals surface area contributed by atoms with E-state index in [1.54, 1.807) is 6.82 Å². The predicted molar refractivity (Wildman–Crippen MR) is 54.2 cm³/mol. The number of rotatable bonds is 4. The molecule has 68 valence electrons. The molecule has 3 nitrogen and oxygen atoms in total. The van der Waals surface area contributed by atoms with E-state index in [4.69, 9.17) is 9.39 Å². The summed E-state index contributed by atoms with van der Waals surface area (Å²) in [4.78, 5) is 10.9. The average molecular weight is 215 g/mol. The van der Waals surface area contributed by atoms with Crippen LogP contribution < -0.4 is 0 Å². The topological polar surface area (TPSA) is 35.5 Å². The van der Waals surface area contributed by atoms with Crippen LogP contribution in [-0.2, 0) is 26.0 Å². The molecule has 1 rings (SSSR count). The summed E-state index contributed by atoms with van der Waals surface area (Å²) in [6.07, 6.45) is 4.03. The molecular weight excluding hydrogens is 206 g/mol. The molecule has 0 amide bonds. The third-order valence-electron chi connectivity index (χ3n) is 1.63. The summed E-state index contributed by atoms with van der Waals surface area (Å²) in [5, 5.41) is 0. The van der Waals surface area contributed by atoms with E-state index in [0.29, 0.717) is 19.9 Å². The summed E-state index contributed by atoms with van der Waals surface area (Å²) in [6, 6.07) is 0. The number of hydrogen-bond donors (Lipinski definition) is 0. The van der Waals surface area contributed by atoms with Crippen molar-refractivity contribution in [3.63, 3.8) is 0 Å². The van der Waals surface area contributed by atoms with Gasteiger partial charge in [0.25, 0.3) is 0 Å². The van der Waals surface area contributed by atoms with E-state index in [1.807, 2.05) is 0 Å². The number of allylic oxidation sites excluding steroid dienone is 1. The van der Waals surface area contributed by atoms with Gasteiger partial charge in [0, 0.05) is 0 Å². The van der Waals surface area contributed by atoms with Crippen molar-refractivity contribution in [3.8, 4) is 0 Å². The molecule has 1 atom stereocenters. The number of carbonyl (C=O) groups is 1. The maximum absolute atomic E-state index is 10.9. The maximum atomic E-state index is 10.9. The van der Waals surface area contributed by atoms with Crippen molar-refractivity contribution in [1.82, 2.24) is 0 Å². The van der Waals surface area contributed by atoms with E-state index in [-0.39, 0.29) is 11.9 Å². The normalized spacial score (nSPS) is 20.6. The Morgan fingerprint density at radius 2 is 2.69 bits per heavy atom. The van der Waals surface area contributed by atoms with Gasteiger partial charge in [-0.15, -0.1) is 0 Å². The van der Waals surface area contributed by atoms with Crippen molar-refractivity contribution in [1.29, 1.82) is 0 Å². The van der Waals surface area contributed by atoms with Crippen LogP contribution in [0.1, 0.15) is 12.8 Å². The minimum absolute atomic E-state index is 0.0345. The van der Waals surface area contributed by atoms with Gasteiger partial charge in [-0.2, -0.15) is 0 Å². The molecule has 0 spiro atoms. The zero-order valence-electron chi connectivity index (χ0n) is 7.01. The molecule has 0 unspecified atom stereocenters. The quantitative estimate of drug-likeness (QED) is 0.401. The van der Waals surface area contributed by atoms with Crippen LogP contribution in [-0.4, -0.2) is 25.3 Å². The molecule has 0 aromatic heterocycles. The van der Waals surface area contributed by atoms with E-state index in [2.05, 4.69) is 11.8 Å². The van der Waals surface area contributed by atoms with E-state index in [1.165, 1.54) is 12.3 Å². The van der Waals surface area contributed by atoms with Crippen LogP contribution >= 0.6 is 6.85 Å². The Bertz CT molecular complexity index is 262. The molecule has 0 aliphatic carbocycles. The van der Waals surface area contributed by atoms with Gasteiger partial charge < -0.3 is 0 Å². The molecule has 1 aliphatic rings. The first kappa shape index (κ1) is 11.0. The van der Waals surface area contributed by atoms with E-state index in [9.17, 15) is 4.79 Å². The second-order valence-corrected chi connectivity index (χ2v) is 3.66. The van der Waals surface area contributed by atoms with Crippen LogP contribution in [0.3, 0.4) is 0 Å². The number of ketones is 1. The summed E-state index contributed by atoms with van der Waals surface area (Å²) in [5.41, 5.74) is 0. The molecule has 0 fully saturated rings. The fourth-order valence-corrected chi connectivity index (χ4v) is 1.37. The Morgan fingerprint density at radius 3 is 3.38 bits per heavy atom. The van der Waals surface area contributed by atoms with Crippen molar-refractivity contribution >= 4 is 31.3 Å². The molecule has 13 heavy (non-hydrogen) atoms. The third-order valence-corrected chi connectivity index (χ3v) is 2.12. The Balaban J connectivity index is 2.18. The van der Waals surface area contributed by atoms with Crippen molar-refractivity contribution in [3.05, 3.63) is 12.3 Å². The van der Waals surface area contributed by atoms with Crippen LogP contribution in [0, 0.1) is 0 Å². The zero-order chi connectivity index (χ0) is 9.52. The summed E-state index contributed by atoms with van der Waals surface area (Å²) in [6.45, 7) is 2.80. The van der Waals surface area contributed by atoms with Crippen LogP contribution in [0.5, 0.6) is 0 Å². The summed E-state index contributed by atoms with van der Waals surface area (Å²) in [5.74, 6) is 0.113. The van der Waals surface area contributed by atoms with Crippen molar-refractivity contribution in [2.75, 3.05) is 6.61 Å². The third kappa shape index (κ3) is 4.60. The van der Waals surface area contributed by atoms with Gasteiger partial charge in [0.05, 0.1) is 0 Å². The molecule has 0 bridgehead atoms. The Hall–Kier alpha value is -0.115. The summed E-state index contributed by atoms with van der Waals surface area (Å²) in [7, 11) is 0. The fraction of sp³-hybridized carbons (Fsp3) is 0.571. The SMILES string of the molecule is O=C1C=CO[C@@H](CCOB=[P+]=S)C1. The first-order valence-corrected chi connectivity index (χ1v) is 5.91. The van der Waals surface area contributed by atoms with E-state index < -0.39 is 0 Å². The predicted octanol–water partition coefficient (Wildman–Crippen LogP) is 1.21. The summed E-state index contributed by atoms with van der Waals surface area (Å²) < 4.78 is 10.3. The number of carbonyl (C=O) groups excluding carboxylic acids is 1. The van der Waals surface area contributed by atoms with Crippen LogP contribution in [0.15, 0.2) is 12.3 Å². The number of ether oxygens (including phenoxy) is 1. The van der Waals surface area contributed by atoms with Crippen molar-refractivity contribution in [2.45, 2.75) is 18.9 Å². The second kappa shape index (κ2) is 6.36. The Labute approximate surface area is 83.8 Å². The summed E-state index contributed by atoms with van der Waals surface area (Å²) >= 11 is 4.64. The number of hydrogen-bond acceptors (Lipinski definition) is 4. The average Bonchev–Trinajstić information content (AvgIpc) is 2.13. The van der Waals surface area contributed by atoms with Gasteiger partial charge in [0.15, 0.2) is 0 Å².